The maximum atomic E-state index is 12.6. The summed E-state index contributed by atoms with van der Waals surface area (Å²) >= 11 is 0. The molecule has 0 bridgehead atoms. The van der Waals surface area contributed by atoms with Gasteiger partial charge in [0.25, 0.3) is 0 Å². The van der Waals surface area contributed by atoms with Gasteiger partial charge in [0.15, 0.2) is 0 Å². The molecule has 1 saturated heterocycles. The highest BCUT2D eigenvalue weighted by Crippen LogP contribution is 2.22. The van der Waals surface area contributed by atoms with E-state index in [4.69, 9.17) is 4.74 Å². The molecule has 1 heterocycles. The van der Waals surface area contributed by atoms with Gasteiger partial charge in [0.2, 0.25) is 0 Å². The van der Waals surface area contributed by atoms with Crippen LogP contribution >= 0.6 is 0 Å². The summed E-state index contributed by atoms with van der Waals surface area (Å²) in [6.45, 7) is 6.49. The van der Waals surface area contributed by atoms with Gasteiger partial charge in [-0.1, -0.05) is 18.2 Å². The molecule has 2 amide bonds. The quantitative estimate of drug-likeness (QED) is 0.926. The van der Waals surface area contributed by atoms with Crippen molar-refractivity contribution in [1.29, 1.82) is 0 Å². The topological polar surface area (TPSA) is 44.8 Å². The zero-order valence-corrected chi connectivity index (χ0v) is 15.0. The van der Waals surface area contributed by atoms with Gasteiger partial charge in [-0.15, -0.1) is 0 Å². The third-order valence-electron chi connectivity index (χ3n) is 4.57. The highest BCUT2D eigenvalue weighted by molar-refractivity contribution is 5.89. The molecule has 0 spiro atoms. The van der Waals surface area contributed by atoms with Gasteiger partial charge < -0.3 is 19.9 Å². The van der Waals surface area contributed by atoms with Crippen molar-refractivity contribution in [2.75, 3.05) is 37.0 Å². The lowest BCUT2D eigenvalue weighted by molar-refractivity contribution is 0.200. The van der Waals surface area contributed by atoms with E-state index in [0.717, 1.165) is 18.0 Å². The fraction of sp³-hybridized carbons (Fsp3) is 0.350. The van der Waals surface area contributed by atoms with Crippen molar-refractivity contribution in [1.82, 2.24) is 4.90 Å². The van der Waals surface area contributed by atoms with Crippen LogP contribution in [0.1, 0.15) is 12.5 Å². The van der Waals surface area contributed by atoms with Gasteiger partial charge in [-0.05, 0) is 43.7 Å². The van der Waals surface area contributed by atoms with Crippen LogP contribution in [-0.4, -0.2) is 43.7 Å². The van der Waals surface area contributed by atoms with Crippen LogP contribution in [0.4, 0.5) is 16.2 Å². The van der Waals surface area contributed by atoms with Gasteiger partial charge in [-0.3, -0.25) is 0 Å². The van der Waals surface area contributed by atoms with Gasteiger partial charge in [0, 0.05) is 43.1 Å². The molecule has 1 aliphatic heterocycles. The van der Waals surface area contributed by atoms with E-state index in [2.05, 4.69) is 48.3 Å². The molecule has 0 radical (unpaired) electrons. The van der Waals surface area contributed by atoms with Gasteiger partial charge in [-0.2, -0.15) is 0 Å². The van der Waals surface area contributed by atoms with Crippen LogP contribution in [0.3, 0.4) is 0 Å². The molecule has 5 nitrogen and oxygen atoms in total. The standard InChI is InChI=1S/C20H25N3O2/c1-15-6-4-8-18(12-15)23-11-10-22(14-16(23)2)20(24)21-17-7-5-9-19(13-17)25-3/h4-9,12-13,16H,10-11,14H2,1-3H3,(H,21,24)/t16-/m1/s1. The zero-order valence-electron chi connectivity index (χ0n) is 15.0. The molecule has 1 fully saturated rings. The Balaban J connectivity index is 1.63. The number of carbonyl (C=O) groups excluding carboxylic acids is 1. The van der Waals surface area contributed by atoms with E-state index < -0.39 is 0 Å². The lowest BCUT2D eigenvalue weighted by atomic mass is 10.1. The summed E-state index contributed by atoms with van der Waals surface area (Å²) in [7, 11) is 1.62. The monoisotopic (exact) mass is 339 g/mol. The second kappa shape index (κ2) is 7.47. The van der Waals surface area contributed by atoms with E-state index in [1.165, 1.54) is 11.3 Å². The predicted molar refractivity (Wildman–Crippen MR) is 102 cm³/mol. The number of hydrogen-bond donors (Lipinski definition) is 1. The Morgan fingerprint density at radius 3 is 2.68 bits per heavy atom. The second-order valence-corrected chi connectivity index (χ2v) is 6.49. The zero-order chi connectivity index (χ0) is 17.8. The van der Waals surface area contributed by atoms with Gasteiger partial charge in [0.05, 0.1) is 7.11 Å². The Morgan fingerprint density at radius 1 is 1.16 bits per heavy atom. The predicted octanol–water partition coefficient (Wildman–Crippen LogP) is 3.75. The summed E-state index contributed by atoms with van der Waals surface area (Å²) in [5.41, 5.74) is 3.22. The average Bonchev–Trinajstić information content (AvgIpc) is 2.61. The van der Waals surface area contributed by atoms with Crippen molar-refractivity contribution >= 4 is 17.4 Å². The first-order chi connectivity index (χ1) is 12.1. The van der Waals surface area contributed by atoms with E-state index >= 15 is 0 Å². The minimum Gasteiger partial charge on any atom is -0.497 e. The maximum Gasteiger partial charge on any atom is 0.321 e. The molecule has 0 aliphatic carbocycles. The smallest absolute Gasteiger partial charge is 0.321 e. The molecule has 0 aromatic heterocycles. The van der Waals surface area contributed by atoms with E-state index in [-0.39, 0.29) is 12.1 Å². The Hall–Kier alpha value is -2.69. The first-order valence-corrected chi connectivity index (χ1v) is 8.60. The van der Waals surface area contributed by atoms with Crippen LogP contribution in [0.25, 0.3) is 0 Å². The van der Waals surface area contributed by atoms with Gasteiger partial charge >= 0.3 is 6.03 Å². The molecule has 132 valence electrons. The minimum absolute atomic E-state index is 0.0657. The molecule has 2 aromatic rings. The van der Waals surface area contributed by atoms with Crippen molar-refractivity contribution in [3.8, 4) is 5.75 Å². The molecule has 0 saturated carbocycles. The van der Waals surface area contributed by atoms with E-state index in [1.807, 2.05) is 29.2 Å². The fourth-order valence-corrected chi connectivity index (χ4v) is 3.24. The van der Waals surface area contributed by atoms with Crippen LogP contribution in [0.15, 0.2) is 48.5 Å². The number of anilines is 2. The molecule has 5 heteroatoms. The Kier molecular flexibility index (Phi) is 5.12. The summed E-state index contributed by atoms with van der Waals surface area (Å²) in [5, 5.41) is 2.96. The van der Waals surface area contributed by atoms with Crippen LogP contribution in [-0.2, 0) is 0 Å². The number of piperazine rings is 1. The Morgan fingerprint density at radius 2 is 1.96 bits per heavy atom. The third-order valence-corrected chi connectivity index (χ3v) is 4.57. The lowest BCUT2D eigenvalue weighted by Gasteiger charge is -2.41. The van der Waals surface area contributed by atoms with Crippen LogP contribution in [0.2, 0.25) is 0 Å². The molecule has 25 heavy (non-hydrogen) atoms. The van der Waals surface area contributed by atoms with Crippen molar-refractivity contribution in [2.24, 2.45) is 0 Å². The number of amides is 2. The number of benzene rings is 2. The summed E-state index contributed by atoms with van der Waals surface area (Å²) in [6, 6.07) is 16.1. The molecule has 3 rings (SSSR count). The highest BCUT2D eigenvalue weighted by Gasteiger charge is 2.27. The molecular formula is C20H25N3O2. The van der Waals surface area contributed by atoms with Crippen molar-refractivity contribution in [2.45, 2.75) is 19.9 Å². The molecule has 2 aromatic carbocycles. The number of urea groups is 1. The van der Waals surface area contributed by atoms with Gasteiger partial charge in [-0.25, -0.2) is 4.79 Å². The largest absolute Gasteiger partial charge is 0.497 e. The SMILES string of the molecule is COc1cccc(NC(=O)N2CCN(c3cccc(C)c3)[C@H](C)C2)c1. The molecule has 0 unspecified atom stereocenters. The van der Waals surface area contributed by atoms with Crippen molar-refractivity contribution in [3.63, 3.8) is 0 Å². The van der Waals surface area contributed by atoms with E-state index in [9.17, 15) is 4.79 Å². The lowest BCUT2D eigenvalue weighted by Crippen LogP contribution is -2.54. The van der Waals surface area contributed by atoms with Crippen LogP contribution in [0.5, 0.6) is 5.75 Å². The number of aryl methyl sites for hydroxylation is 1. The second-order valence-electron chi connectivity index (χ2n) is 6.49. The first kappa shape index (κ1) is 17.1. The summed E-state index contributed by atoms with van der Waals surface area (Å²) in [4.78, 5) is 16.8. The van der Waals surface area contributed by atoms with Crippen molar-refractivity contribution in [3.05, 3.63) is 54.1 Å². The third kappa shape index (κ3) is 4.05. The number of ether oxygens (including phenoxy) is 1. The number of nitrogens with zero attached hydrogens (tertiary/aromatic N) is 2. The van der Waals surface area contributed by atoms with E-state index in [1.54, 1.807) is 7.11 Å². The first-order valence-electron chi connectivity index (χ1n) is 8.60. The maximum absolute atomic E-state index is 12.6. The number of rotatable bonds is 3. The normalized spacial score (nSPS) is 17.3. The number of methoxy groups -OCH3 is 1. The summed E-state index contributed by atoms with van der Waals surface area (Å²) < 4.78 is 5.20. The van der Waals surface area contributed by atoms with Crippen LogP contribution < -0.4 is 15.0 Å². The number of nitrogens with one attached hydrogen (secondary N) is 1. The molecule has 1 aliphatic rings. The number of carbonyl (C=O) groups is 1. The molecular weight excluding hydrogens is 314 g/mol. The van der Waals surface area contributed by atoms with Gasteiger partial charge in [0.1, 0.15) is 5.75 Å². The fourth-order valence-electron chi connectivity index (χ4n) is 3.24. The highest BCUT2D eigenvalue weighted by atomic mass is 16.5. The van der Waals surface area contributed by atoms with E-state index in [0.29, 0.717) is 13.1 Å². The number of hydrogen-bond acceptors (Lipinski definition) is 3. The minimum atomic E-state index is -0.0657. The summed E-state index contributed by atoms with van der Waals surface area (Å²) in [6.07, 6.45) is 0. The molecule has 1 N–H and O–H groups in total. The van der Waals surface area contributed by atoms with Crippen molar-refractivity contribution < 1.29 is 9.53 Å². The average molecular weight is 339 g/mol. The van der Waals surface area contributed by atoms with Crippen LogP contribution in [0, 0.1) is 6.92 Å². The Labute approximate surface area is 149 Å². The molecule has 1 atom stereocenters. The Bertz CT molecular complexity index is 747. The summed E-state index contributed by atoms with van der Waals surface area (Å²) in [5.74, 6) is 0.732.